The minimum Gasteiger partial charge on any atom is -0.398 e. The SMILES string of the molecule is Nc1ccc(S(=O)Cc2cccc(Br)c2)cc1Cl. The molecule has 0 amide bonds. The second-order valence-electron chi connectivity index (χ2n) is 3.80. The van der Waals surface area contributed by atoms with Crippen LogP contribution in [0.2, 0.25) is 5.02 Å². The third-order valence-electron chi connectivity index (χ3n) is 2.42. The highest BCUT2D eigenvalue weighted by atomic mass is 79.9. The molecule has 0 saturated carbocycles. The number of rotatable bonds is 3. The Bertz CT molecular complexity index is 603. The average Bonchev–Trinajstić information content (AvgIpc) is 2.32. The molecule has 2 aromatic rings. The van der Waals surface area contributed by atoms with E-state index in [1.807, 2.05) is 24.3 Å². The van der Waals surface area contributed by atoms with E-state index in [0.717, 1.165) is 10.0 Å². The molecule has 2 nitrogen and oxygen atoms in total. The van der Waals surface area contributed by atoms with E-state index in [4.69, 9.17) is 17.3 Å². The molecule has 2 aromatic carbocycles. The average molecular weight is 345 g/mol. The number of anilines is 1. The van der Waals surface area contributed by atoms with Crippen molar-refractivity contribution in [3.05, 3.63) is 57.5 Å². The van der Waals surface area contributed by atoms with Crippen LogP contribution in [0.5, 0.6) is 0 Å². The Hall–Kier alpha value is -0.840. The van der Waals surface area contributed by atoms with Crippen LogP contribution in [0.4, 0.5) is 5.69 Å². The van der Waals surface area contributed by atoms with Crippen molar-refractivity contribution >= 4 is 44.0 Å². The van der Waals surface area contributed by atoms with Gasteiger partial charge < -0.3 is 5.73 Å². The predicted octanol–water partition coefficient (Wildman–Crippen LogP) is 3.99. The van der Waals surface area contributed by atoms with Gasteiger partial charge in [-0.25, -0.2) is 0 Å². The van der Waals surface area contributed by atoms with Gasteiger partial charge in [0.15, 0.2) is 0 Å². The van der Waals surface area contributed by atoms with Crippen LogP contribution in [-0.4, -0.2) is 4.21 Å². The highest BCUT2D eigenvalue weighted by molar-refractivity contribution is 9.10. The van der Waals surface area contributed by atoms with Crippen LogP contribution in [0, 0.1) is 0 Å². The fourth-order valence-corrected chi connectivity index (χ4v) is 3.32. The van der Waals surface area contributed by atoms with Crippen molar-refractivity contribution in [1.82, 2.24) is 0 Å². The maximum Gasteiger partial charge on any atom is 0.0647 e. The fraction of sp³-hybridized carbons (Fsp3) is 0.0769. The molecule has 2 N–H and O–H groups in total. The molecule has 0 radical (unpaired) electrons. The first-order chi connectivity index (χ1) is 8.56. The molecule has 2 rings (SSSR count). The van der Waals surface area contributed by atoms with Gasteiger partial charge in [0.05, 0.1) is 27.3 Å². The second-order valence-corrected chi connectivity index (χ2v) is 6.58. The van der Waals surface area contributed by atoms with Crippen molar-refractivity contribution in [1.29, 1.82) is 0 Å². The van der Waals surface area contributed by atoms with Crippen molar-refractivity contribution in [3.63, 3.8) is 0 Å². The number of halogens is 2. The molecule has 0 aliphatic heterocycles. The zero-order chi connectivity index (χ0) is 13.1. The highest BCUT2D eigenvalue weighted by Gasteiger charge is 2.07. The molecule has 18 heavy (non-hydrogen) atoms. The maximum absolute atomic E-state index is 12.2. The predicted molar refractivity (Wildman–Crippen MR) is 80.1 cm³/mol. The molecule has 0 aliphatic rings. The molecule has 0 aliphatic carbocycles. The summed E-state index contributed by atoms with van der Waals surface area (Å²) in [6.07, 6.45) is 0. The summed E-state index contributed by atoms with van der Waals surface area (Å²) >= 11 is 9.31. The summed E-state index contributed by atoms with van der Waals surface area (Å²) in [5, 5.41) is 0.440. The lowest BCUT2D eigenvalue weighted by atomic mass is 10.2. The fourth-order valence-electron chi connectivity index (χ4n) is 1.51. The van der Waals surface area contributed by atoms with Gasteiger partial charge in [0.1, 0.15) is 0 Å². The van der Waals surface area contributed by atoms with E-state index in [1.165, 1.54) is 0 Å². The summed E-state index contributed by atoms with van der Waals surface area (Å²) in [7, 11) is -1.12. The van der Waals surface area contributed by atoms with Gasteiger partial charge in [0, 0.05) is 9.37 Å². The Labute approximate surface area is 122 Å². The van der Waals surface area contributed by atoms with Crippen LogP contribution in [0.1, 0.15) is 5.56 Å². The van der Waals surface area contributed by atoms with Crippen molar-refractivity contribution in [2.75, 3.05) is 5.73 Å². The molecule has 1 unspecified atom stereocenters. The first-order valence-electron chi connectivity index (χ1n) is 5.24. The van der Waals surface area contributed by atoms with Crippen molar-refractivity contribution < 1.29 is 4.21 Å². The van der Waals surface area contributed by atoms with Gasteiger partial charge in [-0.2, -0.15) is 0 Å². The number of nitrogens with two attached hydrogens (primary N) is 1. The Morgan fingerprint density at radius 2 is 2.00 bits per heavy atom. The van der Waals surface area contributed by atoms with Crippen LogP contribution < -0.4 is 5.73 Å². The van der Waals surface area contributed by atoms with Gasteiger partial charge in [-0.05, 0) is 35.9 Å². The minimum absolute atomic E-state index is 0.440. The lowest BCUT2D eigenvalue weighted by Crippen LogP contribution is -1.97. The third-order valence-corrected chi connectivity index (χ3v) is 4.62. The molecule has 1 atom stereocenters. The number of nitrogen functional groups attached to an aromatic ring is 1. The zero-order valence-corrected chi connectivity index (χ0v) is 12.6. The summed E-state index contributed by atoms with van der Waals surface area (Å²) in [4.78, 5) is 0.689. The van der Waals surface area contributed by atoms with Crippen LogP contribution in [-0.2, 0) is 16.6 Å². The topological polar surface area (TPSA) is 43.1 Å². The number of benzene rings is 2. The first kappa shape index (κ1) is 13.6. The van der Waals surface area contributed by atoms with E-state index in [-0.39, 0.29) is 0 Å². The van der Waals surface area contributed by atoms with E-state index in [0.29, 0.717) is 21.4 Å². The van der Waals surface area contributed by atoms with Crippen molar-refractivity contribution in [2.45, 2.75) is 10.6 Å². The smallest absolute Gasteiger partial charge is 0.0647 e. The van der Waals surface area contributed by atoms with E-state index in [9.17, 15) is 4.21 Å². The molecule has 5 heteroatoms. The molecule has 0 saturated heterocycles. The van der Waals surface area contributed by atoms with Gasteiger partial charge >= 0.3 is 0 Å². The molecule has 0 bridgehead atoms. The Morgan fingerprint density at radius 1 is 1.22 bits per heavy atom. The molecule has 0 spiro atoms. The van der Waals surface area contributed by atoms with Gasteiger partial charge in [-0.1, -0.05) is 39.7 Å². The van der Waals surface area contributed by atoms with E-state index in [2.05, 4.69) is 15.9 Å². The normalized spacial score (nSPS) is 12.3. The number of hydrogen-bond acceptors (Lipinski definition) is 2. The van der Waals surface area contributed by atoms with Gasteiger partial charge in [-0.15, -0.1) is 0 Å². The quantitative estimate of drug-likeness (QED) is 0.855. The van der Waals surface area contributed by atoms with E-state index < -0.39 is 10.8 Å². The first-order valence-corrected chi connectivity index (χ1v) is 7.73. The van der Waals surface area contributed by atoms with Gasteiger partial charge in [-0.3, -0.25) is 4.21 Å². The van der Waals surface area contributed by atoms with E-state index >= 15 is 0 Å². The maximum atomic E-state index is 12.2. The molecule has 94 valence electrons. The highest BCUT2D eigenvalue weighted by Crippen LogP contribution is 2.23. The van der Waals surface area contributed by atoms with Crippen LogP contribution in [0.3, 0.4) is 0 Å². The van der Waals surface area contributed by atoms with Gasteiger partial charge in [0.25, 0.3) is 0 Å². The summed E-state index contributed by atoms with van der Waals surface area (Å²) in [6, 6.07) is 12.8. The zero-order valence-electron chi connectivity index (χ0n) is 9.40. The van der Waals surface area contributed by atoms with Crippen LogP contribution >= 0.6 is 27.5 Å². The summed E-state index contributed by atoms with van der Waals surface area (Å²) < 4.78 is 13.2. The minimum atomic E-state index is -1.12. The van der Waals surface area contributed by atoms with Crippen LogP contribution in [0.25, 0.3) is 0 Å². The molecule has 0 fully saturated rings. The largest absolute Gasteiger partial charge is 0.398 e. The molecule has 0 aromatic heterocycles. The monoisotopic (exact) mass is 343 g/mol. The lowest BCUT2D eigenvalue weighted by Gasteiger charge is -2.05. The molecule has 0 heterocycles. The third kappa shape index (κ3) is 3.34. The summed E-state index contributed by atoms with van der Waals surface area (Å²) in [5.74, 6) is 0.458. The molecular weight excluding hydrogens is 334 g/mol. The van der Waals surface area contributed by atoms with E-state index in [1.54, 1.807) is 18.2 Å². The van der Waals surface area contributed by atoms with Gasteiger partial charge in [0.2, 0.25) is 0 Å². The summed E-state index contributed by atoms with van der Waals surface area (Å²) in [6.45, 7) is 0. The van der Waals surface area contributed by atoms with Crippen molar-refractivity contribution in [2.24, 2.45) is 0 Å². The number of hydrogen-bond donors (Lipinski definition) is 1. The Balaban J connectivity index is 2.19. The Kier molecular flexibility index (Phi) is 4.43. The molecular formula is C13H11BrClNOS. The summed E-state index contributed by atoms with van der Waals surface area (Å²) in [5.41, 5.74) is 7.13. The van der Waals surface area contributed by atoms with Crippen molar-refractivity contribution in [3.8, 4) is 0 Å². The second kappa shape index (κ2) is 5.87. The Morgan fingerprint density at radius 3 is 2.67 bits per heavy atom. The van der Waals surface area contributed by atoms with Crippen LogP contribution in [0.15, 0.2) is 51.8 Å². The lowest BCUT2D eigenvalue weighted by molar-refractivity contribution is 0.682. The standard InChI is InChI=1S/C13H11BrClNOS/c14-10-3-1-2-9(6-10)8-18(17)11-4-5-13(16)12(15)7-11/h1-7H,8,16H2.